The third-order valence-corrected chi connectivity index (χ3v) is 8.03. The monoisotopic (exact) mass is 646 g/mol. The number of nitro groups is 1. The van der Waals surface area contributed by atoms with E-state index in [9.17, 15) is 28.9 Å². The number of amides is 3. The van der Waals surface area contributed by atoms with Crippen LogP contribution < -0.4 is 16.0 Å². The summed E-state index contributed by atoms with van der Waals surface area (Å²) in [5, 5.41) is 18.7. The lowest BCUT2D eigenvalue weighted by Gasteiger charge is -2.17. The van der Waals surface area contributed by atoms with Gasteiger partial charge in [0.15, 0.2) is 0 Å². The number of hydrogen-bond acceptors (Lipinski definition) is 6. The second kappa shape index (κ2) is 15.3. The van der Waals surface area contributed by atoms with Gasteiger partial charge in [0.1, 0.15) is 16.8 Å². The van der Waals surface area contributed by atoms with Gasteiger partial charge in [0.05, 0.1) is 4.92 Å². The molecule has 0 fully saturated rings. The SMILES string of the molecule is O=C(Nc1ccc(SC(C(=O)Nc2ccc(F)cc2)c2ccccc2)cc1)/C(=C/c1ccc([N+](=O)[O-])cc1)NC(=O)c1ccccc1. The first kappa shape index (κ1) is 32.3. The highest BCUT2D eigenvalue weighted by atomic mass is 32.2. The van der Waals surface area contributed by atoms with E-state index >= 15 is 0 Å². The van der Waals surface area contributed by atoms with Gasteiger partial charge in [-0.05, 0) is 90.0 Å². The normalized spacial score (nSPS) is 11.6. The molecule has 0 aliphatic rings. The number of carbonyl (C=O) groups excluding carboxylic acids is 3. The van der Waals surface area contributed by atoms with E-state index < -0.39 is 27.8 Å². The molecule has 9 nitrogen and oxygen atoms in total. The van der Waals surface area contributed by atoms with Crippen LogP contribution in [0, 0.1) is 15.9 Å². The topological polar surface area (TPSA) is 130 Å². The molecule has 234 valence electrons. The molecule has 5 aromatic rings. The number of hydrogen-bond donors (Lipinski definition) is 3. The number of rotatable bonds is 11. The fourth-order valence-electron chi connectivity index (χ4n) is 4.39. The molecule has 0 bridgehead atoms. The zero-order valence-corrected chi connectivity index (χ0v) is 25.4. The number of nitrogens with one attached hydrogen (secondary N) is 3. The highest BCUT2D eigenvalue weighted by Crippen LogP contribution is 2.36. The molecule has 5 aromatic carbocycles. The van der Waals surface area contributed by atoms with Crippen LogP contribution in [0.5, 0.6) is 0 Å². The van der Waals surface area contributed by atoms with E-state index in [0.29, 0.717) is 22.5 Å². The third-order valence-electron chi connectivity index (χ3n) is 6.76. The summed E-state index contributed by atoms with van der Waals surface area (Å²) in [6, 6.07) is 35.5. The molecule has 11 heteroatoms. The Bertz CT molecular complexity index is 1900. The Morgan fingerprint density at radius 1 is 0.723 bits per heavy atom. The van der Waals surface area contributed by atoms with Gasteiger partial charge in [-0.3, -0.25) is 24.5 Å². The standard InChI is InChI=1S/C36H27FN4O5S/c37-27-13-15-28(16-14-27)39-36(44)33(25-7-3-1-4-8-25)47-31-21-17-29(18-22-31)38-35(43)32(40-34(42)26-9-5-2-6-10-26)23-24-11-19-30(20-12-24)41(45)46/h1-23,33H,(H,38,43)(H,39,44)(H,40,42)/b32-23-. The van der Waals surface area contributed by atoms with Gasteiger partial charge in [-0.2, -0.15) is 0 Å². The summed E-state index contributed by atoms with van der Waals surface area (Å²) in [5.41, 5.74) is 2.28. The van der Waals surface area contributed by atoms with Crippen LogP contribution in [0.1, 0.15) is 26.7 Å². The number of non-ortho nitro benzene ring substituents is 1. The first-order valence-electron chi connectivity index (χ1n) is 14.3. The Balaban J connectivity index is 1.33. The largest absolute Gasteiger partial charge is 0.325 e. The first-order chi connectivity index (χ1) is 22.7. The molecule has 0 saturated heterocycles. The molecule has 5 rings (SSSR count). The molecular weight excluding hydrogens is 619 g/mol. The second-order valence-corrected chi connectivity index (χ2v) is 11.3. The summed E-state index contributed by atoms with van der Waals surface area (Å²) in [6.07, 6.45) is 1.42. The predicted octanol–water partition coefficient (Wildman–Crippen LogP) is 7.62. The summed E-state index contributed by atoms with van der Waals surface area (Å²) >= 11 is 1.30. The minimum atomic E-state index is -0.633. The quantitative estimate of drug-likeness (QED) is 0.0586. The Hall–Kier alpha value is -6.07. The minimum Gasteiger partial charge on any atom is -0.325 e. The van der Waals surface area contributed by atoms with Gasteiger partial charge in [-0.25, -0.2) is 4.39 Å². The van der Waals surface area contributed by atoms with Crippen molar-refractivity contribution < 1.29 is 23.7 Å². The number of thioether (sulfide) groups is 1. The Morgan fingerprint density at radius 2 is 1.30 bits per heavy atom. The Kier molecular flexibility index (Phi) is 10.5. The maximum Gasteiger partial charge on any atom is 0.272 e. The van der Waals surface area contributed by atoms with Gasteiger partial charge in [0.25, 0.3) is 17.5 Å². The second-order valence-electron chi connectivity index (χ2n) is 10.1. The van der Waals surface area contributed by atoms with E-state index in [1.165, 1.54) is 66.4 Å². The molecule has 0 aliphatic carbocycles. The summed E-state index contributed by atoms with van der Waals surface area (Å²) in [4.78, 5) is 50.9. The van der Waals surface area contributed by atoms with Crippen molar-refractivity contribution in [1.29, 1.82) is 0 Å². The van der Waals surface area contributed by atoms with Crippen LogP contribution in [0.15, 0.2) is 144 Å². The molecule has 0 aromatic heterocycles. The van der Waals surface area contributed by atoms with Gasteiger partial charge in [0.2, 0.25) is 5.91 Å². The molecular formula is C36H27FN4O5S. The van der Waals surface area contributed by atoms with E-state index in [2.05, 4.69) is 16.0 Å². The fraction of sp³-hybridized carbons (Fsp3) is 0.0278. The maximum absolute atomic E-state index is 13.4. The number of anilines is 2. The van der Waals surface area contributed by atoms with E-state index in [4.69, 9.17) is 0 Å². The maximum atomic E-state index is 13.4. The first-order valence-corrected chi connectivity index (χ1v) is 15.1. The number of halogens is 1. The summed E-state index contributed by atoms with van der Waals surface area (Å²) in [6.45, 7) is 0. The molecule has 1 atom stereocenters. The van der Waals surface area contributed by atoms with Crippen molar-refractivity contribution in [1.82, 2.24) is 5.32 Å². The van der Waals surface area contributed by atoms with Crippen LogP contribution in [-0.2, 0) is 9.59 Å². The van der Waals surface area contributed by atoms with Crippen molar-refractivity contribution in [2.45, 2.75) is 10.1 Å². The molecule has 0 heterocycles. The van der Waals surface area contributed by atoms with Gasteiger partial charge in [0, 0.05) is 34.0 Å². The van der Waals surface area contributed by atoms with Crippen molar-refractivity contribution in [3.05, 3.63) is 172 Å². The van der Waals surface area contributed by atoms with E-state index in [-0.39, 0.29) is 17.3 Å². The highest BCUT2D eigenvalue weighted by molar-refractivity contribution is 8.00. The molecule has 0 spiro atoms. The highest BCUT2D eigenvalue weighted by Gasteiger charge is 2.23. The van der Waals surface area contributed by atoms with Gasteiger partial charge < -0.3 is 16.0 Å². The van der Waals surface area contributed by atoms with Crippen molar-refractivity contribution >= 4 is 52.6 Å². The van der Waals surface area contributed by atoms with Crippen LogP contribution in [0.25, 0.3) is 6.08 Å². The van der Waals surface area contributed by atoms with Crippen molar-refractivity contribution in [2.24, 2.45) is 0 Å². The predicted molar refractivity (Wildman–Crippen MR) is 180 cm³/mol. The van der Waals surface area contributed by atoms with Crippen molar-refractivity contribution in [2.75, 3.05) is 10.6 Å². The van der Waals surface area contributed by atoms with Crippen LogP contribution >= 0.6 is 11.8 Å². The van der Waals surface area contributed by atoms with Crippen molar-refractivity contribution in [3.63, 3.8) is 0 Å². The molecule has 3 amide bonds. The average molecular weight is 647 g/mol. The van der Waals surface area contributed by atoms with Gasteiger partial charge >= 0.3 is 0 Å². The number of carbonyl (C=O) groups is 3. The van der Waals surface area contributed by atoms with Gasteiger partial charge in [-0.1, -0.05) is 48.5 Å². The molecule has 3 N–H and O–H groups in total. The molecule has 1 unspecified atom stereocenters. The minimum absolute atomic E-state index is 0.0761. The van der Waals surface area contributed by atoms with Gasteiger partial charge in [-0.15, -0.1) is 11.8 Å². The van der Waals surface area contributed by atoms with E-state index in [1.54, 1.807) is 54.6 Å². The lowest BCUT2D eigenvalue weighted by Crippen LogP contribution is -2.30. The zero-order chi connectivity index (χ0) is 33.2. The lowest BCUT2D eigenvalue weighted by atomic mass is 10.1. The summed E-state index contributed by atoms with van der Waals surface area (Å²) in [5.74, 6) is -1.82. The summed E-state index contributed by atoms with van der Waals surface area (Å²) < 4.78 is 13.4. The van der Waals surface area contributed by atoms with Crippen LogP contribution in [0.4, 0.5) is 21.5 Å². The molecule has 0 aliphatic heterocycles. The Labute approximate surface area is 273 Å². The van der Waals surface area contributed by atoms with Crippen molar-refractivity contribution in [3.8, 4) is 0 Å². The number of benzene rings is 5. The lowest BCUT2D eigenvalue weighted by molar-refractivity contribution is -0.384. The number of nitrogens with zero attached hydrogens (tertiary/aromatic N) is 1. The Morgan fingerprint density at radius 3 is 1.91 bits per heavy atom. The number of nitro benzene ring substituents is 1. The fourth-order valence-corrected chi connectivity index (χ4v) is 5.42. The van der Waals surface area contributed by atoms with Crippen LogP contribution in [0.3, 0.4) is 0 Å². The molecule has 47 heavy (non-hydrogen) atoms. The zero-order valence-electron chi connectivity index (χ0n) is 24.6. The van der Waals surface area contributed by atoms with Crippen LogP contribution in [-0.4, -0.2) is 22.6 Å². The average Bonchev–Trinajstić information content (AvgIpc) is 3.09. The van der Waals surface area contributed by atoms with E-state index in [0.717, 1.165) is 10.5 Å². The van der Waals surface area contributed by atoms with Crippen LogP contribution in [0.2, 0.25) is 0 Å². The molecule has 0 saturated carbocycles. The summed E-state index contributed by atoms with van der Waals surface area (Å²) in [7, 11) is 0. The molecule has 0 radical (unpaired) electrons. The van der Waals surface area contributed by atoms with E-state index in [1.807, 2.05) is 30.3 Å². The third kappa shape index (κ3) is 8.99. The smallest absolute Gasteiger partial charge is 0.272 e.